The average Bonchev–Trinajstić information content (AvgIpc) is 2.29. The summed E-state index contributed by atoms with van der Waals surface area (Å²) in [4.78, 5) is 0. The molecule has 0 radical (unpaired) electrons. The molecule has 2 rings (SSSR count). The smallest absolute Gasteiger partial charge is 0.147 e. The van der Waals surface area contributed by atoms with E-state index in [0.29, 0.717) is 6.79 Å². The van der Waals surface area contributed by atoms with Crippen LogP contribution in [0.5, 0.6) is 0 Å². The van der Waals surface area contributed by atoms with Crippen LogP contribution >= 0.6 is 15.9 Å². The summed E-state index contributed by atoms with van der Waals surface area (Å²) < 4.78 is 11.8. The number of hydrogen-bond acceptors (Lipinski definition) is 3. The lowest BCUT2D eigenvalue weighted by atomic mass is 10.1. The number of benzene rings is 1. The Kier molecular flexibility index (Phi) is 4.42. The Hall–Kier alpha value is -0.580. The molecule has 1 heterocycles. The third-order valence-corrected chi connectivity index (χ3v) is 3.53. The van der Waals surface area contributed by atoms with Gasteiger partial charge in [0.15, 0.2) is 0 Å². The normalized spacial score (nSPS) is 20.3. The van der Waals surface area contributed by atoms with Gasteiger partial charge in [0.2, 0.25) is 0 Å². The third kappa shape index (κ3) is 3.44. The predicted octanol–water partition coefficient (Wildman–Crippen LogP) is 3.24. The van der Waals surface area contributed by atoms with Crippen LogP contribution in [0, 0.1) is 13.8 Å². The number of aryl methyl sites for hydroxylation is 2. The number of halogens is 1. The van der Waals surface area contributed by atoms with Gasteiger partial charge in [-0.15, -0.1) is 0 Å². The van der Waals surface area contributed by atoms with Gasteiger partial charge in [0.05, 0.1) is 18.4 Å². The minimum absolute atomic E-state index is 0.247. The van der Waals surface area contributed by atoms with Crippen molar-refractivity contribution in [2.45, 2.75) is 26.4 Å². The molecule has 1 unspecified atom stereocenters. The van der Waals surface area contributed by atoms with Gasteiger partial charge in [0.25, 0.3) is 0 Å². The van der Waals surface area contributed by atoms with E-state index in [0.717, 1.165) is 29.7 Å². The van der Waals surface area contributed by atoms with Gasteiger partial charge in [0, 0.05) is 11.0 Å². The van der Waals surface area contributed by atoms with E-state index in [-0.39, 0.29) is 6.10 Å². The first kappa shape index (κ1) is 12.9. The fourth-order valence-corrected chi connectivity index (χ4v) is 2.83. The van der Waals surface area contributed by atoms with Gasteiger partial charge in [-0.3, -0.25) is 0 Å². The minimum atomic E-state index is 0.247. The van der Waals surface area contributed by atoms with Crippen LogP contribution in [0.2, 0.25) is 0 Å². The number of hydrogen-bond donors (Lipinski definition) is 1. The van der Waals surface area contributed by atoms with Crippen LogP contribution in [0.3, 0.4) is 0 Å². The molecule has 1 aromatic rings. The molecule has 3 nitrogen and oxygen atoms in total. The van der Waals surface area contributed by atoms with E-state index in [4.69, 9.17) is 9.47 Å². The first-order valence-corrected chi connectivity index (χ1v) is 6.66. The fourth-order valence-electron chi connectivity index (χ4n) is 2.02. The molecular formula is C13H18BrNO2. The maximum absolute atomic E-state index is 5.50. The second-order valence-corrected chi connectivity index (χ2v) is 5.28. The van der Waals surface area contributed by atoms with Crippen LogP contribution in [-0.4, -0.2) is 26.0 Å². The Morgan fingerprint density at radius 1 is 1.41 bits per heavy atom. The molecule has 0 amide bonds. The fraction of sp³-hybridized carbons (Fsp3) is 0.538. The highest BCUT2D eigenvalue weighted by Gasteiger charge is 2.14. The summed E-state index contributed by atoms with van der Waals surface area (Å²) >= 11 is 3.59. The summed E-state index contributed by atoms with van der Waals surface area (Å²) in [6, 6.07) is 4.30. The van der Waals surface area contributed by atoms with E-state index in [1.807, 2.05) is 0 Å². The summed E-state index contributed by atoms with van der Waals surface area (Å²) in [5.74, 6) is 0. The number of rotatable bonds is 3. The Labute approximate surface area is 111 Å². The van der Waals surface area contributed by atoms with Gasteiger partial charge >= 0.3 is 0 Å². The van der Waals surface area contributed by atoms with Crippen molar-refractivity contribution in [1.29, 1.82) is 0 Å². The molecule has 17 heavy (non-hydrogen) atoms. The molecule has 1 aliphatic heterocycles. The Balaban J connectivity index is 1.98. The van der Waals surface area contributed by atoms with Crippen LogP contribution in [-0.2, 0) is 9.47 Å². The SMILES string of the molecule is Cc1cc(C)c(NCC2CCOCO2)c(Br)c1. The van der Waals surface area contributed by atoms with Gasteiger partial charge in [-0.05, 0) is 53.4 Å². The zero-order valence-electron chi connectivity index (χ0n) is 10.3. The molecule has 0 spiro atoms. The van der Waals surface area contributed by atoms with Crippen molar-refractivity contribution in [3.05, 3.63) is 27.7 Å². The lowest BCUT2D eigenvalue weighted by Gasteiger charge is -2.24. The summed E-state index contributed by atoms with van der Waals surface area (Å²) in [6.45, 7) is 6.25. The largest absolute Gasteiger partial charge is 0.381 e. The molecule has 1 aromatic carbocycles. The van der Waals surface area contributed by atoms with E-state index < -0.39 is 0 Å². The predicted molar refractivity (Wildman–Crippen MR) is 72.4 cm³/mol. The van der Waals surface area contributed by atoms with Crippen molar-refractivity contribution in [3.8, 4) is 0 Å². The topological polar surface area (TPSA) is 30.5 Å². The van der Waals surface area contributed by atoms with E-state index in [2.05, 4.69) is 47.2 Å². The zero-order chi connectivity index (χ0) is 12.3. The van der Waals surface area contributed by atoms with Gasteiger partial charge in [0.1, 0.15) is 6.79 Å². The molecule has 0 aliphatic carbocycles. The number of ether oxygens (including phenoxy) is 2. The van der Waals surface area contributed by atoms with Crippen molar-refractivity contribution in [1.82, 2.24) is 0 Å². The second-order valence-electron chi connectivity index (χ2n) is 4.42. The number of anilines is 1. The maximum atomic E-state index is 5.50. The van der Waals surface area contributed by atoms with Gasteiger partial charge in [-0.25, -0.2) is 0 Å². The van der Waals surface area contributed by atoms with E-state index in [1.54, 1.807) is 0 Å². The monoisotopic (exact) mass is 299 g/mol. The minimum Gasteiger partial charge on any atom is -0.381 e. The van der Waals surface area contributed by atoms with E-state index in [9.17, 15) is 0 Å². The molecule has 4 heteroatoms. The van der Waals surface area contributed by atoms with E-state index in [1.165, 1.54) is 11.1 Å². The lowest BCUT2D eigenvalue weighted by Crippen LogP contribution is -2.30. The summed E-state index contributed by atoms with van der Waals surface area (Å²) in [6.07, 6.45) is 1.20. The number of nitrogens with one attached hydrogen (secondary N) is 1. The summed E-state index contributed by atoms with van der Waals surface area (Å²) in [5.41, 5.74) is 3.68. The van der Waals surface area contributed by atoms with Gasteiger partial charge < -0.3 is 14.8 Å². The highest BCUT2D eigenvalue weighted by Crippen LogP contribution is 2.27. The Morgan fingerprint density at radius 3 is 2.88 bits per heavy atom. The Bertz CT molecular complexity index is 366. The highest BCUT2D eigenvalue weighted by molar-refractivity contribution is 9.10. The first-order valence-electron chi connectivity index (χ1n) is 5.87. The maximum Gasteiger partial charge on any atom is 0.147 e. The van der Waals surface area contributed by atoms with Gasteiger partial charge in [-0.2, -0.15) is 0 Å². The van der Waals surface area contributed by atoms with Crippen molar-refractivity contribution in [3.63, 3.8) is 0 Å². The molecule has 0 aromatic heterocycles. The highest BCUT2D eigenvalue weighted by atomic mass is 79.9. The molecule has 0 saturated carbocycles. The second kappa shape index (κ2) is 5.85. The third-order valence-electron chi connectivity index (χ3n) is 2.91. The van der Waals surface area contributed by atoms with E-state index >= 15 is 0 Å². The molecule has 1 saturated heterocycles. The van der Waals surface area contributed by atoms with Crippen LogP contribution in [0.25, 0.3) is 0 Å². The molecule has 94 valence electrons. The van der Waals surface area contributed by atoms with Crippen molar-refractivity contribution < 1.29 is 9.47 Å². The molecule has 0 bridgehead atoms. The average molecular weight is 300 g/mol. The zero-order valence-corrected chi connectivity index (χ0v) is 11.8. The first-order chi connectivity index (χ1) is 8.16. The van der Waals surface area contributed by atoms with Crippen LogP contribution in [0.15, 0.2) is 16.6 Å². The van der Waals surface area contributed by atoms with Crippen LogP contribution in [0.1, 0.15) is 17.5 Å². The van der Waals surface area contributed by atoms with Crippen molar-refractivity contribution in [2.75, 3.05) is 25.3 Å². The quantitative estimate of drug-likeness (QED) is 0.929. The summed E-state index contributed by atoms with van der Waals surface area (Å²) in [7, 11) is 0. The molecule has 1 aliphatic rings. The van der Waals surface area contributed by atoms with Crippen LogP contribution < -0.4 is 5.32 Å². The molecule has 1 fully saturated rings. The lowest BCUT2D eigenvalue weighted by molar-refractivity contribution is -0.133. The van der Waals surface area contributed by atoms with Crippen molar-refractivity contribution >= 4 is 21.6 Å². The van der Waals surface area contributed by atoms with Gasteiger partial charge in [-0.1, -0.05) is 6.07 Å². The summed E-state index contributed by atoms with van der Waals surface area (Å²) in [5, 5.41) is 3.45. The molecule has 1 N–H and O–H groups in total. The standard InChI is InChI=1S/C13H18BrNO2/c1-9-5-10(2)13(12(14)6-9)15-7-11-3-4-16-8-17-11/h5-6,11,15H,3-4,7-8H2,1-2H3. The van der Waals surface area contributed by atoms with Crippen molar-refractivity contribution in [2.24, 2.45) is 0 Å². The molecule has 1 atom stereocenters. The van der Waals surface area contributed by atoms with Crippen LogP contribution in [0.4, 0.5) is 5.69 Å². The molecular weight excluding hydrogens is 282 g/mol. The Morgan fingerprint density at radius 2 is 2.24 bits per heavy atom.